The van der Waals surface area contributed by atoms with E-state index in [1.165, 1.54) is 12.1 Å². The molecule has 2 N–H and O–H groups in total. The lowest BCUT2D eigenvalue weighted by molar-refractivity contribution is 0.123. The molecule has 7 nitrogen and oxygen atoms in total. The van der Waals surface area contributed by atoms with E-state index in [-0.39, 0.29) is 18.0 Å². The van der Waals surface area contributed by atoms with E-state index in [2.05, 4.69) is 14.9 Å². The molecule has 1 saturated carbocycles. The van der Waals surface area contributed by atoms with E-state index < -0.39 is 0 Å². The molecule has 8 heteroatoms. The lowest BCUT2D eigenvalue weighted by atomic mass is 9.93. The molecule has 0 bridgehead atoms. The Morgan fingerprint density at radius 2 is 1.76 bits per heavy atom. The Labute approximate surface area is 219 Å². The smallest absolute Gasteiger partial charge is 0.237 e. The zero-order valence-electron chi connectivity index (χ0n) is 21.0. The second-order valence-electron chi connectivity index (χ2n) is 9.55. The van der Waals surface area contributed by atoms with Gasteiger partial charge in [-0.2, -0.15) is 0 Å². The Kier molecular flexibility index (Phi) is 6.47. The Bertz CT molecular complexity index is 1620. The molecule has 2 aromatic carbocycles. The van der Waals surface area contributed by atoms with Gasteiger partial charge in [-0.3, -0.25) is 4.99 Å². The maximum Gasteiger partial charge on any atom is 0.237 e. The second kappa shape index (κ2) is 10.2. The van der Waals surface area contributed by atoms with Crippen molar-refractivity contribution in [2.75, 3.05) is 12.4 Å². The fraction of sp³-hybridized carbons (Fsp3) is 0.233. The molecule has 0 amide bonds. The van der Waals surface area contributed by atoms with Gasteiger partial charge in [0.15, 0.2) is 0 Å². The number of anilines is 2. The topological polar surface area (TPSA) is 84.6 Å². The van der Waals surface area contributed by atoms with Gasteiger partial charge >= 0.3 is 0 Å². The van der Waals surface area contributed by atoms with Crippen molar-refractivity contribution in [1.82, 2.24) is 14.5 Å². The van der Waals surface area contributed by atoms with E-state index in [1.54, 1.807) is 25.4 Å². The Hall–Kier alpha value is -4.30. The number of aliphatic hydroxyl groups is 1. The molecule has 192 valence electrons. The molecule has 1 aliphatic heterocycles. The fourth-order valence-corrected chi connectivity index (χ4v) is 5.09. The average Bonchev–Trinajstić information content (AvgIpc) is 2.94. The highest BCUT2D eigenvalue weighted by atomic mass is 19.1. The molecule has 6 rings (SSSR count). The zero-order valence-corrected chi connectivity index (χ0v) is 21.0. The number of benzene rings is 3. The largest absolute Gasteiger partial charge is 0.480 e. The van der Waals surface area contributed by atoms with E-state index >= 15 is 0 Å². The molecule has 0 saturated heterocycles. The number of halogens is 1. The summed E-state index contributed by atoms with van der Waals surface area (Å²) in [6.07, 6.45) is 4.55. The van der Waals surface area contributed by atoms with Crippen molar-refractivity contribution in [1.29, 1.82) is 0 Å². The summed E-state index contributed by atoms with van der Waals surface area (Å²) in [4.78, 5) is 14.4. The highest BCUT2D eigenvalue weighted by Gasteiger charge is 2.21. The number of fused-ring (bicyclic) bond motifs is 2. The third kappa shape index (κ3) is 4.70. The maximum absolute atomic E-state index is 13.8. The molecule has 2 heterocycles. The first-order valence-corrected chi connectivity index (χ1v) is 12.8. The Morgan fingerprint density at radius 3 is 2.55 bits per heavy atom. The molecule has 2 aliphatic carbocycles. The van der Waals surface area contributed by atoms with Crippen LogP contribution in [-0.2, 0) is 0 Å². The highest BCUT2D eigenvalue weighted by molar-refractivity contribution is 5.84. The van der Waals surface area contributed by atoms with E-state index in [1.807, 2.05) is 48.5 Å². The number of nitrogens with one attached hydrogen (secondary N) is 1. The molecule has 3 aromatic rings. The molecular formula is C30H28FN5O2. The maximum atomic E-state index is 13.8. The van der Waals surface area contributed by atoms with Crippen LogP contribution in [0.1, 0.15) is 25.7 Å². The van der Waals surface area contributed by atoms with E-state index in [0.717, 1.165) is 70.5 Å². The van der Waals surface area contributed by atoms with Crippen molar-refractivity contribution in [3.05, 3.63) is 90.2 Å². The van der Waals surface area contributed by atoms with Crippen LogP contribution >= 0.6 is 0 Å². The first-order chi connectivity index (χ1) is 18.6. The monoisotopic (exact) mass is 509 g/mol. The highest BCUT2D eigenvalue weighted by Crippen LogP contribution is 2.32. The van der Waals surface area contributed by atoms with Gasteiger partial charge in [-0.05, 0) is 86.3 Å². The van der Waals surface area contributed by atoms with Gasteiger partial charge in [0, 0.05) is 11.9 Å². The summed E-state index contributed by atoms with van der Waals surface area (Å²) >= 11 is 0. The number of hydrogen-bond acceptors (Lipinski definition) is 6. The average molecular weight is 510 g/mol. The normalized spacial score (nSPS) is 18.1. The number of pyridine rings is 1. The second-order valence-corrected chi connectivity index (χ2v) is 9.55. The number of hydrogen-bond donors (Lipinski definition) is 2. The van der Waals surface area contributed by atoms with E-state index in [9.17, 15) is 9.50 Å². The van der Waals surface area contributed by atoms with Gasteiger partial charge in [0.1, 0.15) is 11.5 Å². The summed E-state index contributed by atoms with van der Waals surface area (Å²) in [5.41, 5.74) is 5.68. The van der Waals surface area contributed by atoms with Crippen molar-refractivity contribution < 1.29 is 14.2 Å². The number of ether oxygens (including phenoxy) is 1. The molecule has 1 aromatic heterocycles. The summed E-state index contributed by atoms with van der Waals surface area (Å²) < 4.78 is 21.4. The molecule has 0 unspecified atom stereocenters. The van der Waals surface area contributed by atoms with Crippen LogP contribution in [0, 0.1) is 5.82 Å². The Balaban J connectivity index is 1.60. The van der Waals surface area contributed by atoms with Crippen LogP contribution in [0.5, 0.6) is 5.88 Å². The summed E-state index contributed by atoms with van der Waals surface area (Å²) in [5, 5.41) is 14.3. The van der Waals surface area contributed by atoms with Crippen LogP contribution in [0.25, 0.3) is 28.1 Å². The van der Waals surface area contributed by atoms with Gasteiger partial charge in [-0.15, -0.1) is 0 Å². The minimum atomic E-state index is -0.288. The number of aliphatic hydroxyl groups excluding tert-OH is 1. The summed E-state index contributed by atoms with van der Waals surface area (Å²) in [6.45, 7) is 0. The predicted molar refractivity (Wildman–Crippen MR) is 146 cm³/mol. The lowest BCUT2D eigenvalue weighted by Crippen LogP contribution is -2.24. The molecule has 0 spiro atoms. The first kappa shape index (κ1) is 24.1. The number of aromatic nitrogens is 3. The summed E-state index contributed by atoms with van der Waals surface area (Å²) in [7, 11) is 1.59. The van der Waals surface area contributed by atoms with E-state index in [0.29, 0.717) is 5.88 Å². The third-order valence-electron chi connectivity index (χ3n) is 7.00. The van der Waals surface area contributed by atoms with Crippen LogP contribution in [-0.4, -0.2) is 38.9 Å². The molecule has 0 radical (unpaired) electrons. The fourth-order valence-electron chi connectivity index (χ4n) is 5.09. The van der Waals surface area contributed by atoms with Crippen molar-refractivity contribution in [3.8, 4) is 23.0 Å². The number of methoxy groups -OCH3 is 1. The number of nitrogens with zero attached hydrogens (tertiary/aromatic N) is 4. The number of para-hydroxylation sites is 2. The molecular weight excluding hydrogens is 481 g/mol. The third-order valence-corrected chi connectivity index (χ3v) is 7.00. The van der Waals surface area contributed by atoms with Gasteiger partial charge in [-0.25, -0.2) is 14.4 Å². The quantitative estimate of drug-likeness (QED) is 0.301. The van der Waals surface area contributed by atoms with Crippen molar-refractivity contribution >= 4 is 22.4 Å². The van der Waals surface area contributed by atoms with Gasteiger partial charge in [0.05, 0.1) is 52.7 Å². The lowest BCUT2D eigenvalue weighted by Gasteiger charge is -2.23. The molecule has 3 aliphatic rings. The summed E-state index contributed by atoms with van der Waals surface area (Å²) in [5.74, 6) is 0.191. The van der Waals surface area contributed by atoms with Crippen molar-refractivity contribution in [2.24, 2.45) is 4.99 Å². The van der Waals surface area contributed by atoms with Crippen LogP contribution < -0.4 is 15.4 Å². The SMILES string of the molecule is COc1ncccc1Nc1cc2nc3ccccc3n(-c3ccc(F)cc3)c-2cc1=NC1CCC(O)CC1. The van der Waals surface area contributed by atoms with Crippen LogP contribution in [0.2, 0.25) is 0 Å². The minimum Gasteiger partial charge on any atom is -0.480 e. The van der Waals surface area contributed by atoms with Gasteiger partial charge in [0.25, 0.3) is 0 Å². The van der Waals surface area contributed by atoms with Crippen molar-refractivity contribution in [2.45, 2.75) is 37.8 Å². The minimum absolute atomic E-state index is 0.0971. The predicted octanol–water partition coefficient (Wildman–Crippen LogP) is 5.62. The molecule has 38 heavy (non-hydrogen) atoms. The van der Waals surface area contributed by atoms with Crippen LogP contribution in [0.3, 0.4) is 0 Å². The van der Waals surface area contributed by atoms with Crippen LogP contribution in [0.4, 0.5) is 15.8 Å². The standard InChI is InChI=1S/C30H28FN5O2/c1-38-30-24(6-4-16-32-30)35-25-17-27-29(18-26(25)33-20-10-14-22(37)15-11-20)36(21-12-8-19(31)9-13-21)28-7-3-2-5-23(28)34-27/h2-9,12-13,16-18,20,22,35,37H,10-11,14-15H2,1H3. The van der Waals surface area contributed by atoms with Crippen LogP contribution in [0.15, 0.2) is 84.0 Å². The van der Waals surface area contributed by atoms with E-state index in [4.69, 9.17) is 14.7 Å². The zero-order chi connectivity index (χ0) is 26.1. The van der Waals surface area contributed by atoms with Gasteiger partial charge in [0.2, 0.25) is 5.88 Å². The van der Waals surface area contributed by atoms with Gasteiger partial charge < -0.3 is 19.7 Å². The molecule has 1 fully saturated rings. The first-order valence-electron chi connectivity index (χ1n) is 12.8. The van der Waals surface area contributed by atoms with Gasteiger partial charge in [-0.1, -0.05) is 12.1 Å². The Morgan fingerprint density at radius 1 is 0.974 bits per heavy atom. The number of rotatable bonds is 5. The van der Waals surface area contributed by atoms with Crippen molar-refractivity contribution in [3.63, 3.8) is 0 Å². The molecule has 0 atom stereocenters. The summed E-state index contributed by atoms with van der Waals surface area (Å²) in [6, 6.07) is 22.3.